The van der Waals surface area contributed by atoms with Gasteiger partial charge in [-0.3, -0.25) is 4.68 Å². The van der Waals surface area contributed by atoms with Crippen molar-refractivity contribution in [1.29, 1.82) is 0 Å². The molecule has 0 bridgehead atoms. The fraction of sp³-hybridized carbons (Fsp3) is 0.462. The minimum Gasteiger partial charge on any atom is -0.268 e. The Labute approximate surface area is 95.5 Å². The molecule has 1 radical (unpaired) electrons. The van der Waals surface area contributed by atoms with Crippen LogP contribution in [0, 0.1) is 0 Å². The van der Waals surface area contributed by atoms with Crippen molar-refractivity contribution in [2.75, 3.05) is 13.1 Å². The summed E-state index contributed by atoms with van der Waals surface area (Å²) < 4.78 is 1.95. The summed E-state index contributed by atoms with van der Waals surface area (Å²) in [6, 6.07) is 6.72. The molecular formula is C13H16N3. The van der Waals surface area contributed by atoms with Crippen LogP contribution < -0.4 is 5.32 Å². The van der Waals surface area contributed by atoms with Crippen LogP contribution in [0.25, 0.3) is 10.9 Å². The van der Waals surface area contributed by atoms with Gasteiger partial charge in [-0.1, -0.05) is 12.1 Å². The van der Waals surface area contributed by atoms with Gasteiger partial charge >= 0.3 is 0 Å². The molecule has 1 fully saturated rings. The molecule has 0 N–H and O–H groups in total. The molecule has 83 valence electrons. The van der Waals surface area contributed by atoms with Gasteiger partial charge in [0.15, 0.2) is 0 Å². The van der Waals surface area contributed by atoms with Crippen LogP contribution in [0.15, 0.2) is 24.4 Å². The van der Waals surface area contributed by atoms with Gasteiger partial charge in [0.1, 0.15) is 0 Å². The quantitative estimate of drug-likeness (QED) is 0.715. The van der Waals surface area contributed by atoms with Gasteiger partial charge in [-0.25, -0.2) is 5.32 Å². The van der Waals surface area contributed by atoms with Crippen molar-refractivity contribution in [2.24, 2.45) is 7.05 Å². The van der Waals surface area contributed by atoms with Crippen molar-refractivity contribution in [3.05, 3.63) is 30.0 Å². The number of piperidine rings is 1. The van der Waals surface area contributed by atoms with E-state index >= 15 is 0 Å². The highest BCUT2D eigenvalue weighted by atomic mass is 15.2. The van der Waals surface area contributed by atoms with E-state index < -0.39 is 0 Å². The lowest BCUT2D eigenvalue weighted by Crippen LogP contribution is -2.20. The first-order valence-corrected chi connectivity index (χ1v) is 5.89. The summed E-state index contributed by atoms with van der Waals surface area (Å²) in [5.74, 6) is 0.691. The van der Waals surface area contributed by atoms with Crippen LogP contribution in [0.2, 0.25) is 0 Å². The topological polar surface area (TPSA) is 31.9 Å². The van der Waals surface area contributed by atoms with Gasteiger partial charge in [0.05, 0.1) is 11.7 Å². The number of hydrogen-bond acceptors (Lipinski definition) is 1. The molecule has 0 unspecified atom stereocenters. The second kappa shape index (κ2) is 3.91. The molecule has 1 aliphatic rings. The molecule has 1 saturated heterocycles. The van der Waals surface area contributed by atoms with Crippen LogP contribution in [0.1, 0.15) is 24.3 Å². The van der Waals surface area contributed by atoms with Crippen molar-refractivity contribution in [3.63, 3.8) is 0 Å². The van der Waals surface area contributed by atoms with Gasteiger partial charge in [0.2, 0.25) is 0 Å². The van der Waals surface area contributed by atoms with Crippen molar-refractivity contribution in [3.8, 4) is 0 Å². The van der Waals surface area contributed by atoms with Gasteiger partial charge in [0, 0.05) is 25.5 Å². The second-order valence-electron chi connectivity index (χ2n) is 4.53. The van der Waals surface area contributed by atoms with Crippen LogP contribution in [-0.4, -0.2) is 22.9 Å². The Kier molecular flexibility index (Phi) is 2.40. The maximum Gasteiger partial charge on any atom is 0.0681 e. The van der Waals surface area contributed by atoms with Crippen molar-refractivity contribution < 1.29 is 0 Å². The van der Waals surface area contributed by atoms with Crippen LogP contribution in [0.5, 0.6) is 0 Å². The summed E-state index contributed by atoms with van der Waals surface area (Å²) in [5.41, 5.74) is 2.69. The average molecular weight is 214 g/mol. The summed E-state index contributed by atoms with van der Waals surface area (Å²) in [6.45, 7) is 2.04. The molecule has 0 saturated carbocycles. The Balaban J connectivity index is 1.99. The van der Waals surface area contributed by atoms with E-state index in [4.69, 9.17) is 0 Å². The molecule has 1 aromatic heterocycles. The first-order valence-electron chi connectivity index (χ1n) is 5.89. The molecule has 0 spiro atoms. The number of aryl methyl sites for hydroxylation is 1. The lowest BCUT2D eigenvalue weighted by Gasteiger charge is -2.21. The highest BCUT2D eigenvalue weighted by Gasteiger charge is 2.16. The summed E-state index contributed by atoms with van der Waals surface area (Å²) >= 11 is 0. The SMILES string of the molecule is Cn1ncc2ccc(C3CC[N]CC3)cc21. The highest BCUT2D eigenvalue weighted by molar-refractivity contribution is 5.79. The minimum atomic E-state index is 0.691. The number of rotatable bonds is 1. The standard InChI is InChI=1S/C13H16N3/c1-16-13-8-11(2-3-12(13)9-15-16)10-4-6-14-7-5-10/h2-3,8-10H,4-7H2,1H3. The van der Waals surface area contributed by atoms with Gasteiger partial charge < -0.3 is 0 Å². The Morgan fingerprint density at radius 1 is 1.25 bits per heavy atom. The average Bonchev–Trinajstić information content (AvgIpc) is 2.72. The Hall–Kier alpha value is -1.35. The second-order valence-corrected chi connectivity index (χ2v) is 4.53. The lowest BCUT2D eigenvalue weighted by atomic mass is 9.90. The normalized spacial score (nSPS) is 18.1. The minimum absolute atomic E-state index is 0.691. The predicted molar refractivity (Wildman–Crippen MR) is 64.6 cm³/mol. The zero-order valence-electron chi connectivity index (χ0n) is 9.56. The molecule has 0 amide bonds. The molecule has 0 atom stereocenters. The van der Waals surface area contributed by atoms with Crippen LogP contribution in [-0.2, 0) is 7.05 Å². The van der Waals surface area contributed by atoms with E-state index in [9.17, 15) is 0 Å². The molecule has 2 heterocycles. The number of nitrogens with zero attached hydrogens (tertiary/aromatic N) is 3. The maximum absolute atomic E-state index is 4.41. The zero-order valence-corrected chi connectivity index (χ0v) is 9.56. The molecule has 3 heteroatoms. The monoisotopic (exact) mass is 214 g/mol. The van der Waals surface area contributed by atoms with E-state index in [-0.39, 0.29) is 0 Å². The van der Waals surface area contributed by atoms with Gasteiger partial charge in [-0.15, -0.1) is 0 Å². The summed E-state index contributed by atoms with van der Waals surface area (Å²) in [5, 5.41) is 9.91. The lowest BCUT2D eigenvalue weighted by molar-refractivity contribution is 0.453. The van der Waals surface area contributed by atoms with E-state index in [1.807, 2.05) is 17.9 Å². The fourth-order valence-corrected chi connectivity index (χ4v) is 2.50. The number of hydrogen-bond donors (Lipinski definition) is 0. The van der Waals surface area contributed by atoms with Crippen molar-refractivity contribution in [1.82, 2.24) is 15.1 Å². The summed E-state index contributed by atoms with van der Waals surface area (Å²) in [4.78, 5) is 0. The molecule has 1 aliphatic heterocycles. The van der Waals surface area contributed by atoms with Gasteiger partial charge in [-0.2, -0.15) is 5.10 Å². The number of aromatic nitrogens is 2. The summed E-state index contributed by atoms with van der Waals surface area (Å²) in [7, 11) is 2.00. The van der Waals surface area contributed by atoms with Gasteiger partial charge in [0.25, 0.3) is 0 Å². The highest BCUT2D eigenvalue weighted by Crippen LogP contribution is 2.27. The van der Waals surface area contributed by atoms with Crippen molar-refractivity contribution in [2.45, 2.75) is 18.8 Å². The largest absolute Gasteiger partial charge is 0.268 e. The molecule has 0 aliphatic carbocycles. The number of benzene rings is 1. The first-order chi connectivity index (χ1) is 7.84. The molecular weight excluding hydrogens is 198 g/mol. The molecule has 3 rings (SSSR count). The van der Waals surface area contributed by atoms with Gasteiger partial charge in [-0.05, 0) is 30.4 Å². The van der Waals surface area contributed by atoms with Crippen LogP contribution in [0.4, 0.5) is 0 Å². The predicted octanol–water partition coefficient (Wildman–Crippen LogP) is 2.06. The van der Waals surface area contributed by atoms with E-state index in [1.165, 1.54) is 29.3 Å². The Morgan fingerprint density at radius 3 is 2.88 bits per heavy atom. The van der Waals surface area contributed by atoms with E-state index in [1.54, 1.807) is 0 Å². The third-order valence-corrected chi connectivity index (χ3v) is 3.52. The maximum atomic E-state index is 4.41. The smallest absolute Gasteiger partial charge is 0.0681 e. The van der Waals surface area contributed by atoms with Crippen LogP contribution in [0.3, 0.4) is 0 Å². The van der Waals surface area contributed by atoms with Crippen molar-refractivity contribution >= 4 is 10.9 Å². The first kappa shape index (κ1) is 9.85. The Bertz CT molecular complexity index is 495. The molecule has 2 aromatic rings. The Morgan fingerprint density at radius 2 is 2.06 bits per heavy atom. The van der Waals surface area contributed by atoms with Crippen LogP contribution >= 0.6 is 0 Å². The number of fused-ring (bicyclic) bond motifs is 1. The van der Waals surface area contributed by atoms with E-state index in [0.29, 0.717) is 5.92 Å². The fourth-order valence-electron chi connectivity index (χ4n) is 2.50. The third-order valence-electron chi connectivity index (χ3n) is 3.52. The third kappa shape index (κ3) is 1.61. The summed E-state index contributed by atoms with van der Waals surface area (Å²) in [6.07, 6.45) is 4.32. The zero-order chi connectivity index (χ0) is 11.0. The van der Waals surface area contributed by atoms with E-state index in [0.717, 1.165) is 13.1 Å². The molecule has 3 nitrogen and oxygen atoms in total. The molecule has 16 heavy (non-hydrogen) atoms. The van der Waals surface area contributed by atoms with E-state index in [2.05, 4.69) is 28.6 Å². The molecule has 1 aromatic carbocycles.